The first-order valence-electron chi connectivity index (χ1n) is 6.09. The van der Waals surface area contributed by atoms with Crippen LogP contribution in [0.15, 0.2) is 18.2 Å². The normalized spacial score (nSPS) is 11.9. The summed E-state index contributed by atoms with van der Waals surface area (Å²) in [4.78, 5) is 23.0. The number of hydrogen-bond acceptors (Lipinski definition) is 4. The number of nitrogens with zero attached hydrogens (tertiary/aromatic N) is 2. The summed E-state index contributed by atoms with van der Waals surface area (Å²) in [6.45, 7) is 4.95. The van der Waals surface area contributed by atoms with Crippen molar-refractivity contribution in [3.63, 3.8) is 0 Å². The monoisotopic (exact) mass is 266 g/mol. The summed E-state index contributed by atoms with van der Waals surface area (Å²) in [5.74, 6) is -0.820. The lowest BCUT2D eigenvalue weighted by Crippen LogP contribution is -2.23. The number of carboxylic acid groups (broad SMARTS) is 1. The van der Waals surface area contributed by atoms with E-state index in [1.807, 2.05) is 11.9 Å². The summed E-state index contributed by atoms with van der Waals surface area (Å²) in [6, 6.07) is 4.17. The third kappa shape index (κ3) is 3.67. The third-order valence-corrected chi connectivity index (χ3v) is 3.13. The number of carboxylic acids is 1. The van der Waals surface area contributed by atoms with Crippen LogP contribution in [-0.4, -0.2) is 29.6 Å². The van der Waals surface area contributed by atoms with Crippen LogP contribution >= 0.6 is 0 Å². The first-order valence-corrected chi connectivity index (χ1v) is 6.09. The van der Waals surface area contributed by atoms with Crippen molar-refractivity contribution in [3.8, 4) is 0 Å². The van der Waals surface area contributed by atoms with Gasteiger partial charge >= 0.3 is 5.97 Å². The predicted molar refractivity (Wildman–Crippen MR) is 72.8 cm³/mol. The summed E-state index contributed by atoms with van der Waals surface area (Å²) in [6.07, 6.45) is 1.02. The average molecular weight is 266 g/mol. The van der Waals surface area contributed by atoms with Gasteiger partial charge in [0.05, 0.1) is 4.92 Å². The Morgan fingerprint density at radius 2 is 2.16 bits per heavy atom. The highest BCUT2D eigenvalue weighted by atomic mass is 16.6. The van der Waals surface area contributed by atoms with Gasteiger partial charge in [-0.2, -0.15) is 0 Å². The van der Waals surface area contributed by atoms with Crippen molar-refractivity contribution in [2.24, 2.45) is 5.92 Å². The Kier molecular flexibility index (Phi) is 4.86. The van der Waals surface area contributed by atoms with Gasteiger partial charge in [0.2, 0.25) is 0 Å². The summed E-state index contributed by atoms with van der Waals surface area (Å²) in [5, 5.41) is 19.8. The molecule has 1 atom stereocenters. The van der Waals surface area contributed by atoms with E-state index in [1.54, 1.807) is 6.07 Å². The fourth-order valence-electron chi connectivity index (χ4n) is 1.79. The number of nitro groups is 1. The molecule has 1 N–H and O–H groups in total. The zero-order chi connectivity index (χ0) is 14.6. The standard InChI is InChI=1S/C13H18N2O4/c1-4-9(2)8-14(3)10-5-6-12(15(18)19)11(7-10)13(16)17/h5-7,9H,4,8H2,1-3H3,(H,16,17). The molecule has 19 heavy (non-hydrogen) atoms. The molecule has 0 radical (unpaired) electrons. The van der Waals surface area contributed by atoms with E-state index >= 15 is 0 Å². The fourth-order valence-corrected chi connectivity index (χ4v) is 1.79. The number of rotatable bonds is 6. The van der Waals surface area contributed by atoms with Gasteiger partial charge in [-0.25, -0.2) is 4.79 Å². The molecule has 1 rings (SSSR count). The zero-order valence-electron chi connectivity index (χ0n) is 11.3. The molecule has 0 heterocycles. The van der Waals surface area contributed by atoms with Gasteiger partial charge in [0, 0.05) is 25.3 Å². The van der Waals surface area contributed by atoms with E-state index in [1.165, 1.54) is 12.1 Å². The number of benzene rings is 1. The Morgan fingerprint density at radius 3 is 2.63 bits per heavy atom. The fraction of sp³-hybridized carbons (Fsp3) is 0.462. The minimum absolute atomic E-state index is 0.279. The Hall–Kier alpha value is -2.11. The van der Waals surface area contributed by atoms with E-state index in [9.17, 15) is 14.9 Å². The van der Waals surface area contributed by atoms with Crippen LogP contribution < -0.4 is 4.90 Å². The molecular weight excluding hydrogens is 248 g/mol. The lowest BCUT2D eigenvalue weighted by atomic mass is 10.1. The van der Waals surface area contributed by atoms with Crippen LogP contribution in [0.2, 0.25) is 0 Å². The number of anilines is 1. The van der Waals surface area contributed by atoms with Crippen LogP contribution in [0.3, 0.4) is 0 Å². The van der Waals surface area contributed by atoms with Gasteiger partial charge in [-0.05, 0) is 18.1 Å². The van der Waals surface area contributed by atoms with Crippen molar-refractivity contribution in [2.45, 2.75) is 20.3 Å². The SMILES string of the molecule is CCC(C)CN(C)c1ccc([N+](=O)[O-])c(C(=O)O)c1. The number of aromatic carboxylic acids is 1. The van der Waals surface area contributed by atoms with E-state index in [4.69, 9.17) is 5.11 Å². The van der Waals surface area contributed by atoms with Gasteiger partial charge in [-0.3, -0.25) is 10.1 Å². The van der Waals surface area contributed by atoms with E-state index in [-0.39, 0.29) is 11.3 Å². The first-order chi connectivity index (χ1) is 8.86. The first kappa shape index (κ1) is 14.9. The molecule has 0 bridgehead atoms. The van der Waals surface area contributed by atoms with Crippen molar-refractivity contribution >= 4 is 17.3 Å². The van der Waals surface area contributed by atoms with Crippen LogP contribution in [0.25, 0.3) is 0 Å². The second-order valence-electron chi connectivity index (χ2n) is 4.66. The summed E-state index contributed by atoms with van der Waals surface area (Å²) in [5.41, 5.74) is 0.00925. The Bertz CT molecular complexity index is 488. The predicted octanol–water partition coefficient (Wildman–Crippen LogP) is 2.78. The van der Waals surface area contributed by atoms with Crippen LogP contribution in [-0.2, 0) is 0 Å². The molecule has 0 saturated heterocycles. The molecule has 6 nitrogen and oxygen atoms in total. The van der Waals surface area contributed by atoms with Crippen LogP contribution in [0.5, 0.6) is 0 Å². The molecule has 0 aliphatic rings. The van der Waals surface area contributed by atoms with Crippen LogP contribution in [0.1, 0.15) is 30.6 Å². The van der Waals surface area contributed by atoms with Gasteiger partial charge in [-0.15, -0.1) is 0 Å². The Morgan fingerprint density at radius 1 is 1.53 bits per heavy atom. The lowest BCUT2D eigenvalue weighted by Gasteiger charge is -2.23. The molecule has 0 aliphatic carbocycles. The van der Waals surface area contributed by atoms with E-state index < -0.39 is 10.9 Å². The van der Waals surface area contributed by atoms with Gasteiger partial charge < -0.3 is 10.0 Å². The smallest absolute Gasteiger partial charge is 0.342 e. The molecule has 1 aromatic rings. The van der Waals surface area contributed by atoms with Gasteiger partial charge in [-0.1, -0.05) is 20.3 Å². The molecule has 1 aromatic carbocycles. The highest BCUT2D eigenvalue weighted by Gasteiger charge is 2.21. The van der Waals surface area contributed by atoms with Crippen molar-refractivity contribution in [2.75, 3.05) is 18.5 Å². The molecule has 0 spiro atoms. The summed E-state index contributed by atoms with van der Waals surface area (Å²) >= 11 is 0. The van der Waals surface area contributed by atoms with Gasteiger partial charge in [0.15, 0.2) is 0 Å². The summed E-state index contributed by atoms with van der Waals surface area (Å²) < 4.78 is 0. The van der Waals surface area contributed by atoms with Gasteiger partial charge in [0.1, 0.15) is 5.56 Å². The highest BCUT2D eigenvalue weighted by molar-refractivity contribution is 5.93. The molecule has 0 aliphatic heterocycles. The number of nitro benzene ring substituents is 1. The third-order valence-electron chi connectivity index (χ3n) is 3.13. The summed E-state index contributed by atoms with van der Waals surface area (Å²) in [7, 11) is 1.85. The second kappa shape index (κ2) is 6.17. The molecule has 0 aromatic heterocycles. The molecule has 0 amide bonds. The maximum absolute atomic E-state index is 11.1. The molecule has 1 unspecified atom stereocenters. The molecule has 0 fully saturated rings. The van der Waals surface area contributed by atoms with E-state index in [0.29, 0.717) is 11.6 Å². The lowest BCUT2D eigenvalue weighted by molar-refractivity contribution is -0.385. The van der Waals surface area contributed by atoms with Crippen molar-refractivity contribution in [3.05, 3.63) is 33.9 Å². The van der Waals surface area contributed by atoms with Crippen molar-refractivity contribution < 1.29 is 14.8 Å². The topological polar surface area (TPSA) is 83.7 Å². The molecule has 104 valence electrons. The highest BCUT2D eigenvalue weighted by Crippen LogP contribution is 2.25. The number of hydrogen-bond donors (Lipinski definition) is 1. The van der Waals surface area contributed by atoms with Gasteiger partial charge in [0.25, 0.3) is 5.69 Å². The van der Waals surface area contributed by atoms with E-state index in [0.717, 1.165) is 13.0 Å². The molecular formula is C13H18N2O4. The Labute approximate surface area is 111 Å². The van der Waals surface area contributed by atoms with Crippen molar-refractivity contribution in [1.82, 2.24) is 0 Å². The largest absolute Gasteiger partial charge is 0.477 e. The maximum Gasteiger partial charge on any atom is 0.342 e. The van der Waals surface area contributed by atoms with Crippen LogP contribution in [0.4, 0.5) is 11.4 Å². The van der Waals surface area contributed by atoms with Crippen molar-refractivity contribution in [1.29, 1.82) is 0 Å². The zero-order valence-corrected chi connectivity index (χ0v) is 11.3. The average Bonchev–Trinajstić information content (AvgIpc) is 2.37. The van der Waals surface area contributed by atoms with Crippen LogP contribution in [0, 0.1) is 16.0 Å². The number of carbonyl (C=O) groups is 1. The quantitative estimate of drug-likeness (QED) is 0.632. The minimum atomic E-state index is -1.29. The van der Waals surface area contributed by atoms with E-state index in [2.05, 4.69) is 13.8 Å². The molecule has 6 heteroatoms. The second-order valence-corrected chi connectivity index (χ2v) is 4.66. The Balaban J connectivity index is 3.08. The molecule has 0 saturated carbocycles. The maximum atomic E-state index is 11.1. The minimum Gasteiger partial charge on any atom is -0.477 e.